The van der Waals surface area contributed by atoms with Crippen LogP contribution in [0.25, 0.3) is 5.69 Å². The molecule has 0 bridgehead atoms. The zero-order valence-electron chi connectivity index (χ0n) is 11.5. The predicted octanol–water partition coefficient (Wildman–Crippen LogP) is 1.25. The molecule has 3 rings (SSSR count). The van der Waals surface area contributed by atoms with Crippen molar-refractivity contribution >= 4 is 11.6 Å². The first-order chi connectivity index (χ1) is 10.2. The number of aromatic amines is 1. The second-order valence-electron chi connectivity index (χ2n) is 4.53. The first-order valence-electron chi connectivity index (χ1n) is 6.32. The summed E-state index contributed by atoms with van der Waals surface area (Å²) >= 11 is 0. The van der Waals surface area contributed by atoms with Crippen molar-refractivity contribution in [3.05, 3.63) is 47.5 Å². The van der Waals surface area contributed by atoms with Crippen molar-refractivity contribution in [1.82, 2.24) is 30.4 Å². The van der Waals surface area contributed by atoms with Gasteiger partial charge >= 0.3 is 0 Å². The molecule has 2 heterocycles. The lowest BCUT2D eigenvalue weighted by molar-refractivity contribution is 0.102. The molecule has 8 nitrogen and oxygen atoms in total. The Bertz CT molecular complexity index is 756. The number of hydrogen-bond acceptors (Lipinski definition) is 5. The molecule has 106 valence electrons. The van der Waals surface area contributed by atoms with E-state index in [2.05, 4.69) is 31.0 Å². The Labute approximate surface area is 120 Å². The Kier molecular flexibility index (Phi) is 3.19. The highest BCUT2D eigenvalue weighted by Crippen LogP contribution is 2.20. The highest BCUT2D eigenvalue weighted by atomic mass is 16.1. The summed E-state index contributed by atoms with van der Waals surface area (Å²) in [6.07, 6.45) is 1.47. The summed E-state index contributed by atoms with van der Waals surface area (Å²) in [6.45, 7) is 3.59. The van der Waals surface area contributed by atoms with Gasteiger partial charge in [-0.25, -0.2) is 0 Å². The Morgan fingerprint density at radius 1 is 1.29 bits per heavy atom. The normalized spacial score (nSPS) is 10.6. The van der Waals surface area contributed by atoms with Crippen LogP contribution in [-0.4, -0.2) is 36.3 Å². The predicted molar refractivity (Wildman–Crippen MR) is 75.2 cm³/mol. The van der Waals surface area contributed by atoms with Gasteiger partial charge in [0.1, 0.15) is 6.33 Å². The SMILES string of the molecule is Cc1n[nH]c(C)c1C(=O)Nc1ccccc1-n1cnnn1. The molecule has 0 aliphatic heterocycles. The molecule has 0 spiro atoms. The second kappa shape index (κ2) is 5.16. The number of nitrogens with one attached hydrogen (secondary N) is 2. The number of rotatable bonds is 3. The van der Waals surface area contributed by atoms with Crippen LogP contribution in [-0.2, 0) is 0 Å². The molecule has 2 N–H and O–H groups in total. The van der Waals surface area contributed by atoms with E-state index in [4.69, 9.17) is 0 Å². The van der Waals surface area contributed by atoms with Gasteiger partial charge in [0.2, 0.25) is 0 Å². The molecule has 1 amide bonds. The van der Waals surface area contributed by atoms with Gasteiger partial charge in [0.15, 0.2) is 0 Å². The van der Waals surface area contributed by atoms with Crippen molar-refractivity contribution in [2.45, 2.75) is 13.8 Å². The fourth-order valence-electron chi connectivity index (χ4n) is 2.12. The van der Waals surface area contributed by atoms with E-state index in [1.807, 2.05) is 25.1 Å². The minimum absolute atomic E-state index is 0.223. The van der Waals surface area contributed by atoms with E-state index in [-0.39, 0.29) is 5.91 Å². The van der Waals surface area contributed by atoms with Gasteiger partial charge < -0.3 is 5.32 Å². The van der Waals surface area contributed by atoms with Gasteiger partial charge in [-0.3, -0.25) is 9.89 Å². The fraction of sp³-hybridized carbons (Fsp3) is 0.154. The van der Waals surface area contributed by atoms with Crippen molar-refractivity contribution in [2.75, 3.05) is 5.32 Å². The van der Waals surface area contributed by atoms with E-state index in [1.165, 1.54) is 11.0 Å². The van der Waals surface area contributed by atoms with Crippen molar-refractivity contribution in [3.8, 4) is 5.69 Å². The van der Waals surface area contributed by atoms with Crippen molar-refractivity contribution < 1.29 is 4.79 Å². The minimum atomic E-state index is -0.223. The number of tetrazole rings is 1. The topological polar surface area (TPSA) is 101 Å². The van der Waals surface area contributed by atoms with Crippen LogP contribution in [0.3, 0.4) is 0 Å². The number of benzene rings is 1. The number of aryl methyl sites for hydroxylation is 2. The van der Waals surface area contributed by atoms with Crippen molar-refractivity contribution in [1.29, 1.82) is 0 Å². The van der Waals surface area contributed by atoms with Gasteiger partial charge in [0.25, 0.3) is 5.91 Å². The molecule has 0 saturated carbocycles. The Hall–Kier alpha value is -3.03. The van der Waals surface area contributed by atoms with E-state index in [0.29, 0.717) is 22.6 Å². The van der Waals surface area contributed by atoms with Crippen LogP contribution in [0, 0.1) is 13.8 Å². The van der Waals surface area contributed by atoms with Crippen molar-refractivity contribution in [3.63, 3.8) is 0 Å². The van der Waals surface area contributed by atoms with Crippen molar-refractivity contribution in [2.24, 2.45) is 0 Å². The third-order valence-electron chi connectivity index (χ3n) is 3.10. The maximum Gasteiger partial charge on any atom is 0.259 e. The quantitative estimate of drug-likeness (QED) is 0.753. The number of anilines is 1. The first-order valence-corrected chi connectivity index (χ1v) is 6.32. The lowest BCUT2D eigenvalue weighted by atomic mass is 10.1. The van der Waals surface area contributed by atoms with Gasteiger partial charge in [-0.15, -0.1) is 5.10 Å². The average molecular weight is 283 g/mol. The molecular weight excluding hydrogens is 270 g/mol. The summed E-state index contributed by atoms with van der Waals surface area (Å²) in [5, 5.41) is 20.7. The molecule has 0 aliphatic rings. The molecule has 0 atom stereocenters. The second-order valence-corrected chi connectivity index (χ2v) is 4.53. The highest BCUT2D eigenvalue weighted by Gasteiger charge is 2.17. The number of hydrogen-bond donors (Lipinski definition) is 2. The summed E-state index contributed by atoms with van der Waals surface area (Å²) in [7, 11) is 0. The third-order valence-corrected chi connectivity index (χ3v) is 3.10. The number of carbonyl (C=O) groups excluding carboxylic acids is 1. The largest absolute Gasteiger partial charge is 0.320 e. The molecule has 0 radical (unpaired) electrons. The highest BCUT2D eigenvalue weighted by molar-refractivity contribution is 6.06. The van der Waals surface area contributed by atoms with Gasteiger partial charge in [0, 0.05) is 5.69 Å². The molecule has 3 aromatic rings. The number of H-pyrrole nitrogens is 1. The zero-order valence-corrected chi connectivity index (χ0v) is 11.5. The van der Waals surface area contributed by atoms with Crippen LogP contribution in [0.1, 0.15) is 21.7 Å². The molecule has 0 aliphatic carbocycles. The molecule has 1 aromatic carbocycles. The minimum Gasteiger partial charge on any atom is -0.320 e. The lowest BCUT2D eigenvalue weighted by Crippen LogP contribution is -2.15. The number of para-hydroxylation sites is 2. The van der Waals surface area contributed by atoms with Crippen LogP contribution in [0.2, 0.25) is 0 Å². The summed E-state index contributed by atoms with van der Waals surface area (Å²) < 4.78 is 1.49. The monoisotopic (exact) mass is 283 g/mol. The molecule has 2 aromatic heterocycles. The molecular formula is C13H13N7O. The van der Waals surface area contributed by atoms with E-state index in [9.17, 15) is 4.79 Å². The van der Waals surface area contributed by atoms with Crippen LogP contribution in [0.4, 0.5) is 5.69 Å². The van der Waals surface area contributed by atoms with E-state index < -0.39 is 0 Å². The summed E-state index contributed by atoms with van der Waals surface area (Å²) in [5.41, 5.74) is 3.24. The average Bonchev–Trinajstić information content (AvgIpc) is 3.10. The Morgan fingerprint density at radius 3 is 2.76 bits per heavy atom. The van der Waals surface area contributed by atoms with Crippen LogP contribution < -0.4 is 5.32 Å². The molecule has 0 fully saturated rings. The van der Waals surface area contributed by atoms with Crippen LogP contribution >= 0.6 is 0 Å². The molecule has 8 heteroatoms. The standard InChI is InChI=1S/C13H13N7O/c1-8-12(9(2)17-16-8)13(21)15-10-5-3-4-6-11(10)20-7-14-18-19-20/h3-7H,1-2H3,(H,15,21)(H,16,17). The number of aromatic nitrogens is 6. The van der Waals surface area contributed by atoms with Gasteiger partial charge in [0.05, 0.1) is 22.6 Å². The summed E-state index contributed by atoms with van der Waals surface area (Å²) in [4.78, 5) is 12.4. The maximum absolute atomic E-state index is 12.4. The first kappa shape index (κ1) is 13.0. The Morgan fingerprint density at radius 2 is 2.10 bits per heavy atom. The van der Waals surface area contributed by atoms with Crippen LogP contribution in [0.15, 0.2) is 30.6 Å². The van der Waals surface area contributed by atoms with E-state index in [1.54, 1.807) is 13.0 Å². The third kappa shape index (κ3) is 2.38. The maximum atomic E-state index is 12.4. The van der Waals surface area contributed by atoms with E-state index in [0.717, 1.165) is 5.69 Å². The van der Waals surface area contributed by atoms with Gasteiger partial charge in [-0.1, -0.05) is 12.1 Å². The molecule has 0 unspecified atom stereocenters. The molecule has 21 heavy (non-hydrogen) atoms. The summed E-state index contributed by atoms with van der Waals surface area (Å²) in [6, 6.07) is 7.29. The lowest BCUT2D eigenvalue weighted by Gasteiger charge is -2.10. The number of carbonyl (C=O) groups is 1. The van der Waals surface area contributed by atoms with Crippen LogP contribution in [0.5, 0.6) is 0 Å². The zero-order chi connectivity index (χ0) is 14.8. The fourth-order valence-corrected chi connectivity index (χ4v) is 2.12. The number of amides is 1. The van der Waals surface area contributed by atoms with Gasteiger partial charge in [-0.05, 0) is 36.4 Å². The smallest absolute Gasteiger partial charge is 0.259 e. The number of nitrogens with zero attached hydrogens (tertiary/aromatic N) is 5. The summed E-state index contributed by atoms with van der Waals surface area (Å²) in [5.74, 6) is -0.223. The van der Waals surface area contributed by atoms with Gasteiger partial charge in [-0.2, -0.15) is 9.78 Å². The van der Waals surface area contributed by atoms with E-state index >= 15 is 0 Å². The molecule has 0 saturated heterocycles. The Balaban J connectivity index is 1.94.